The number of benzene rings is 1. The summed E-state index contributed by atoms with van der Waals surface area (Å²) in [7, 11) is 0. The molecule has 0 aliphatic heterocycles. The van der Waals surface area contributed by atoms with Crippen molar-refractivity contribution in [3.05, 3.63) is 39.9 Å². The molecule has 1 unspecified atom stereocenters. The third kappa shape index (κ3) is 4.53. The fourth-order valence-electron chi connectivity index (χ4n) is 2.36. The van der Waals surface area contributed by atoms with Crippen LogP contribution in [0.2, 0.25) is 5.02 Å². The van der Waals surface area contributed by atoms with E-state index in [-0.39, 0.29) is 18.6 Å². The van der Waals surface area contributed by atoms with Crippen LogP contribution in [0, 0.1) is 12.8 Å². The molecular formula is C17H21ClN2O2S. The van der Waals surface area contributed by atoms with E-state index in [1.165, 1.54) is 11.3 Å². The summed E-state index contributed by atoms with van der Waals surface area (Å²) in [5.41, 5.74) is 1.22. The maximum atomic E-state index is 12.4. The number of thiazole rings is 1. The minimum atomic E-state index is -0.257. The monoisotopic (exact) mass is 352 g/mol. The van der Waals surface area contributed by atoms with Crippen molar-refractivity contribution in [3.8, 4) is 10.6 Å². The molecule has 2 rings (SSSR count). The molecule has 0 fully saturated rings. The van der Waals surface area contributed by atoms with Gasteiger partial charge in [-0.2, -0.15) is 0 Å². The van der Waals surface area contributed by atoms with Gasteiger partial charge in [-0.15, -0.1) is 11.3 Å². The number of hydrogen-bond donors (Lipinski definition) is 2. The molecule has 23 heavy (non-hydrogen) atoms. The molecule has 2 aromatic rings. The van der Waals surface area contributed by atoms with Crippen molar-refractivity contribution >= 4 is 28.8 Å². The van der Waals surface area contributed by atoms with Crippen LogP contribution in [-0.4, -0.2) is 28.6 Å². The lowest BCUT2D eigenvalue weighted by Crippen LogP contribution is -2.38. The van der Waals surface area contributed by atoms with Gasteiger partial charge in [-0.3, -0.25) is 4.79 Å². The number of amides is 1. The minimum Gasteiger partial charge on any atom is -0.394 e. The van der Waals surface area contributed by atoms with Gasteiger partial charge in [-0.05, 0) is 25.3 Å². The molecule has 1 aromatic carbocycles. The van der Waals surface area contributed by atoms with Crippen LogP contribution in [-0.2, 0) is 0 Å². The highest BCUT2D eigenvalue weighted by molar-refractivity contribution is 7.15. The summed E-state index contributed by atoms with van der Waals surface area (Å²) >= 11 is 7.64. The number of carbonyl (C=O) groups excluding carboxylic acids is 1. The van der Waals surface area contributed by atoms with Crippen molar-refractivity contribution in [1.29, 1.82) is 0 Å². The zero-order valence-corrected chi connectivity index (χ0v) is 15.0. The van der Waals surface area contributed by atoms with Gasteiger partial charge in [0.1, 0.15) is 10.7 Å². The highest BCUT2D eigenvalue weighted by Crippen LogP contribution is 2.32. The van der Waals surface area contributed by atoms with Gasteiger partial charge in [-0.1, -0.05) is 43.6 Å². The number of rotatable bonds is 6. The molecule has 4 nitrogen and oxygen atoms in total. The summed E-state index contributed by atoms with van der Waals surface area (Å²) in [5.74, 6) is 0.138. The Hall–Kier alpha value is -1.43. The zero-order chi connectivity index (χ0) is 17.0. The third-order valence-corrected chi connectivity index (χ3v) is 4.76. The lowest BCUT2D eigenvalue weighted by atomic mass is 10.0. The normalized spacial score (nSPS) is 12.4. The van der Waals surface area contributed by atoms with Crippen molar-refractivity contribution < 1.29 is 9.90 Å². The van der Waals surface area contributed by atoms with Crippen LogP contribution in [0.15, 0.2) is 24.3 Å². The van der Waals surface area contributed by atoms with Gasteiger partial charge in [0.15, 0.2) is 0 Å². The molecule has 1 amide bonds. The largest absolute Gasteiger partial charge is 0.394 e. The van der Waals surface area contributed by atoms with Gasteiger partial charge < -0.3 is 10.4 Å². The summed E-state index contributed by atoms with van der Waals surface area (Å²) in [6.07, 6.45) is 0.725. The Balaban J connectivity index is 2.21. The van der Waals surface area contributed by atoms with E-state index in [4.69, 9.17) is 11.6 Å². The summed E-state index contributed by atoms with van der Waals surface area (Å²) in [4.78, 5) is 17.7. The quantitative estimate of drug-likeness (QED) is 0.828. The van der Waals surface area contributed by atoms with E-state index in [0.29, 0.717) is 16.6 Å². The second kappa shape index (κ2) is 7.90. The topological polar surface area (TPSA) is 62.2 Å². The Morgan fingerprint density at radius 3 is 2.70 bits per heavy atom. The first-order chi connectivity index (χ1) is 10.9. The van der Waals surface area contributed by atoms with Gasteiger partial charge >= 0.3 is 0 Å². The number of halogens is 1. The second-order valence-electron chi connectivity index (χ2n) is 5.89. The zero-order valence-electron chi connectivity index (χ0n) is 13.5. The number of nitrogens with one attached hydrogen (secondary N) is 1. The molecule has 1 aromatic heterocycles. The van der Waals surface area contributed by atoms with Crippen LogP contribution >= 0.6 is 22.9 Å². The Bertz CT molecular complexity index is 685. The second-order valence-corrected chi connectivity index (χ2v) is 7.50. The molecule has 0 aliphatic carbocycles. The highest BCUT2D eigenvalue weighted by atomic mass is 35.5. The molecule has 1 heterocycles. The summed E-state index contributed by atoms with van der Waals surface area (Å²) < 4.78 is 0. The van der Waals surface area contributed by atoms with E-state index in [0.717, 1.165) is 21.9 Å². The van der Waals surface area contributed by atoms with Gasteiger partial charge in [0.25, 0.3) is 5.91 Å². The van der Waals surface area contributed by atoms with E-state index in [1.807, 2.05) is 25.1 Å². The predicted molar refractivity (Wildman–Crippen MR) is 95.1 cm³/mol. The fourth-order valence-corrected chi connectivity index (χ4v) is 3.59. The molecule has 0 saturated carbocycles. The first kappa shape index (κ1) is 17.9. The minimum absolute atomic E-state index is 0.0789. The van der Waals surface area contributed by atoms with Crippen molar-refractivity contribution in [2.24, 2.45) is 5.92 Å². The van der Waals surface area contributed by atoms with Gasteiger partial charge in [0, 0.05) is 10.4 Å². The van der Waals surface area contributed by atoms with Crippen molar-refractivity contribution in [3.63, 3.8) is 0 Å². The Labute approximate surface area is 145 Å². The third-order valence-electron chi connectivity index (χ3n) is 3.43. The van der Waals surface area contributed by atoms with E-state index in [9.17, 15) is 9.90 Å². The van der Waals surface area contributed by atoms with E-state index in [1.54, 1.807) is 6.07 Å². The molecule has 0 bridgehead atoms. The number of aliphatic hydroxyl groups excluding tert-OH is 1. The molecule has 0 radical (unpaired) electrons. The molecular weight excluding hydrogens is 332 g/mol. The number of nitrogens with zero attached hydrogens (tertiary/aromatic N) is 1. The Morgan fingerprint density at radius 1 is 1.39 bits per heavy atom. The number of aliphatic hydroxyl groups is 1. The van der Waals surface area contributed by atoms with Crippen LogP contribution in [0.25, 0.3) is 10.6 Å². The standard InChI is InChI=1S/C17H21ClN2O2S/c1-10(2)8-12(9-21)19-16(22)15-11(3)23-17(20-15)13-6-4-5-7-14(13)18/h4-7,10,12,21H,8-9H2,1-3H3,(H,19,22). The molecule has 0 saturated heterocycles. The summed E-state index contributed by atoms with van der Waals surface area (Å²) in [6, 6.07) is 7.18. The fraction of sp³-hybridized carbons (Fsp3) is 0.412. The maximum Gasteiger partial charge on any atom is 0.271 e. The molecule has 124 valence electrons. The number of carbonyl (C=O) groups is 1. The average Bonchev–Trinajstić information content (AvgIpc) is 2.88. The average molecular weight is 353 g/mol. The number of aromatic nitrogens is 1. The molecule has 2 N–H and O–H groups in total. The molecule has 6 heteroatoms. The molecule has 0 aliphatic rings. The number of aryl methyl sites for hydroxylation is 1. The van der Waals surface area contributed by atoms with Gasteiger partial charge in [-0.25, -0.2) is 4.98 Å². The lowest BCUT2D eigenvalue weighted by molar-refractivity contribution is 0.0903. The Morgan fingerprint density at radius 2 is 2.09 bits per heavy atom. The lowest BCUT2D eigenvalue weighted by Gasteiger charge is -2.17. The van der Waals surface area contributed by atoms with E-state index < -0.39 is 0 Å². The molecule has 0 spiro atoms. The van der Waals surface area contributed by atoms with Crippen LogP contribution in [0.5, 0.6) is 0 Å². The van der Waals surface area contributed by atoms with E-state index >= 15 is 0 Å². The Kier molecular flexibility index (Phi) is 6.16. The predicted octanol–water partition coefficient (Wildman–Crippen LogP) is 3.91. The SMILES string of the molecule is Cc1sc(-c2ccccc2Cl)nc1C(=O)NC(CO)CC(C)C. The smallest absolute Gasteiger partial charge is 0.271 e. The van der Waals surface area contributed by atoms with Crippen molar-refractivity contribution in [2.45, 2.75) is 33.2 Å². The van der Waals surface area contributed by atoms with Crippen LogP contribution in [0.3, 0.4) is 0 Å². The summed E-state index contributed by atoms with van der Waals surface area (Å²) in [6.45, 7) is 5.89. The van der Waals surface area contributed by atoms with E-state index in [2.05, 4.69) is 24.1 Å². The van der Waals surface area contributed by atoms with Gasteiger partial charge in [0.05, 0.1) is 17.7 Å². The van der Waals surface area contributed by atoms with Crippen LogP contribution < -0.4 is 5.32 Å². The van der Waals surface area contributed by atoms with Crippen LogP contribution in [0.4, 0.5) is 0 Å². The van der Waals surface area contributed by atoms with Gasteiger partial charge in [0.2, 0.25) is 0 Å². The van der Waals surface area contributed by atoms with Crippen molar-refractivity contribution in [1.82, 2.24) is 10.3 Å². The first-order valence-electron chi connectivity index (χ1n) is 7.56. The first-order valence-corrected chi connectivity index (χ1v) is 8.75. The number of hydrogen-bond acceptors (Lipinski definition) is 4. The van der Waals surface area contributed by atoms with Crippen molar-refractivity contribution in [2.75, 3.05) is 6.61 Å². The summed E-state index contributed by atoms with van der Waals surface area (Å²) in [5, 5.41) is 13.6. The van der Waals surface area contributed by atoms with Crippen LogP contribution in [0.1, 0.15) is 35.6 Å². The highest BCUT2D eigenvalue weighted by Gasteiger charge is 2.20. The molecule has 1 atom stereocenters. The maximum absolute atomic E-state index is 12.4.